The molecule has 2 aliphatic heterocycles. The van der Waals surface area contributed by atoms with Crippen LogP contribution in [-0.2, 0) is 21.9 Å². The molecular weight excluding hydrogens is 536 g/mol. The van der Waals surface area contributed by atoms with E-state index in [1.165, 1.54) is 0 Å². The van der Waals surface area contributed by atoms with E-state index in [0.29, 0.717) is 45.3 Å². The van der Waals surface area contributed by atoms with Gasteiger partial charge in [-0.25, -0.2) is 15.1 Å². The highest BCUT2D eigenvalue weighted by atomic mass is 19.4. The number of carbonyl (C=O) groups excluding carboxylic acids is 1. The lowest BCUT2D eigenvalue weighted by Crippen LogP contribution is -2.54. The summed E-state index contributed by atoms with van der Waals surface area (Å²) in [5.41, 5.74) is -4.17. The molecule has 4 rings (SSSR count). The average Bonchev–Trinajstić information content (AvgIpc) is 2.87. The van der Waals surface area contributed by atoms with Crippen molar-refractivity contribution in [3.63, 3.8) is 0 Å². The van der Waals surface area contributed by atoms with Gasteiger partial charge in [-0.1, -0.05) is 0 Å². The molecular formula is C23H27F6N7O3. The number of alkyl halides is 6. The van der Waals surface area contributed by atoms with Crippen molar-refractivity contribution in [3.8, 4) is 0 Å². The summed E-state index contributed by atoms with van der Waals surface area (Å²) in [6.45, 7) is 2.92. The van der Waals surface area contributed by atoms with Crippen LogP contribution in [0, 0.1) is 0 Å². The number of likely N-dealkylation sites (tertiary alicyclic amines) is 1. The largest absolute Gasteiger partial charge is 0.423 e. The van der Waals surface area contributed by atoms with Gasteiger partial charge in [-0.15, -0.1) is 0 Å². The predicted octanol–water partition coefficient (Wildman–Crippen LogP) is 3.07. The van der Waals surface area contributed by atoms with E-state index in [0.717, 1.165) is 18.6 Å². The van der Waals surface area contributed by atoms with E-state index in [1.54, 1.807) is 21.8 Å². The molecule has 39 heavy (non-hydrogen) atoms. The van der Waals surface area contributed by atoms with Crippen molar-refractivity contribution >= 4 is 17.5 Å². The number of hydrogen-bond acceptors (Lipinski definition) is 8. The second-order valence-electron chi connectivity index (χ2n) is 9.51. The second kappa shape index (κ2) is 11.4. The van der Waals surface area contributed by atoms with E-state index in [-0.39, 0.29) is 24.5 Å². The van der Waals surface area contributed by atoms with Crippen LogP contribution in [0.4, 0.5) is 38.0 Å². The number of amides is 1. The standard InChI is InChI=1S/C23H27F6N7O3/c1-13(33-16-11-32-34-19(37)18(16)23(27,28)29)12-39-17-3-2-6-36(20(17)38)15-4-7-35(8-5-15)21-30-9-14(10-31-21)22(24,25)26/h9-11,13,15,17H,2-8,12H2,1H3,(H2,33,34,37)/t13-,17+/m0/s1. The van der Waals surface area contributed by atoms with Gasteiger partial charge in [0.25, 0.3) is 11.5 Å². The molecule has 2 aromatic rings. The summed E-state index contributed by atoms with van der Waals surface area (Å²) in [6, 6.07) is -0.758. The molecule has 16 heteroatoms. The molecule has 0 unspecified atom stereocenters. The number of anilines is 2. The summed E-state index contributed by atoms with van der Waals surface area (Å²) < 4.78 is 83.8. The maximum absolute atomic E-state index is 13.3. The van der Waals surface area contributed by atoms with Gasteiger partial charge in [-0.3, -0.25) is 9.59 Å². The topological polar surface area (TPSA) is 116 Å². The number of nitrogens with one attached hydrogen (secondary N) is 2. The van der Waals surface area contributed by atoms with E-state index in [4.69, 9.17) is 4.74 Å². The lowest BCUT2D eigenvalue weighted by Gasteiger charge is -2.42. The van der Waals surface area contributed by atoms with Crippen molar-refractivity contribution in [2.75, 3.05) is 36.5 Å². The van der Waals surface area contributed by atoms with Crippen LogP contribution in [0.1, 0.15) is 43.7 Å². The molecule has 0 saturated carbocycles. The number of aromatic amines is 1. The highest BCUT2D eigenvalue weighted by Crippen LogP contribution is 2.32. The first kappa shape index (κ1) is 28.6. The Balaban J connectivity index is 1.30. The van der Waals surface area contributed by atoms with Crippen molar-refractivity contribution in [1.82, 2.24) is 25.1 Å². The Morgan fingerprint density at radius 3 is 2.31 bits per heavy atom. The van der Waals surface area contributed by atoms with Crippen molar-refractivity contribution in [1.29, 1.82) is 0 Å². The van der Waals surface area contributed by atoms with Crippen LogP contribution in [0.25, 0.3) is 0 Å². The molecule has 10 nitrogen and oxygen atoms in total. The van der Waals surface area contributed by atoms with Gasteiger partial charge in [0.05, 0.1) is 24.1 Å². The number of carbonyl (C=O) groups is 1. The number of hydrogen-bond donors (Lipinski definition) is 2. The Bertz CT molecular complexity index is 1200. The van der Waals surface area contributed by atoms with Crippen LogP contribution in [-0.4, -0.2) is 75.4 Å². The number of nitrogens with zero attached hydrogens (tertiary/aromatic N) is 5. The molecule has 2 fully saturated rings. The van der Waals surface area contributed by atoms with Gasteiger partial charge < -0.3 is 19.9 Å². The molecule has 2 saturated heterocycles. The maximum atomic E-state index is 13.3. The van der Waals surface area contributed by atoms with Gasteiger partial charge in [0.2, 0.25) is 5.95 Å². The van der Waals surface area contributed by atoms with Crippen molar-refractivity contribution in [3.05, 3.63) is 40.1 Å². The minimum absolute atomic E-state index is 0.0853. The summed E-state index contributed by atoms with van der Waals surface area (Å²) in [5.74, 6) is -0.0233. The van der Waals surface area contributed by atoms with Gasteiger partial charge in [0, 0.05) is 44.1 Å². The van der Waals surface area contributed by atoms with Gasteiger partial charge >= 0.3 is 12.4 Å². The summed E-state index contributed by atoms with van der Waals surface area (Å²) in [7, 11) is 0. The van der Waals surface area contributed by atoms with Crippen molar-refractivity contribution in [2.45, 2.75) is 63.1 Å². The van der Waals surface area contributed by atoms with Crippen LogP contribution >= 0.6 is 0 Å². The number of rotatable bonds is 7. The SMILES string of the molecule is C[C@@H](CO[C@@H]1CCCN(C2CCN(c3ncc(C(F)(F)F)cn3)CC2)C1=O)Nc1cn[nH]c(=O)c1C(F)(F)F. The summed E-state index contributed by atoms with van der Waals surface area (Å²) in [6.07, 6.45) is -5.53. The van der Waals surface area contributed by atoms with E-state index >= 15 is 0 Å². The van der Waals surface area contributed by atoms with Crippen molar-refractivity contribution < 1.29 is 35.9 Å². The Morgan fingerprint density at radius 2 is 1.69 bits per heavy atom. The summed E-state index contributed by atoms with van der Waals surface area (Å²) in [5, 5.41) is 7.77. The molecule has 0 bridgehead atoms. The quantitative estimate of drug-likeness (QED) is 0.494. The normalized spacial score (nSPS) is 20.3. The molecule has 2 aliphatic rings. The fourth-order valence-electron chi connectivity index (χ4n) is 4.75. The van der Waals surface area contributed by atoms with Gasteiger partial charge in [0.1, 0.15) is 11.7 Å². The number of ether oxygens (including phenoxy) is 1. The first-order valence-corrected chi connectivity index (χ1v) is 12.3. The third kappa shape index (κ3) is 6.78. The van der Waals surface area contributed by atoms with E-state index in [2.05, 4.69) is 20.4 Å². The molecule has 214 valence electrons. The zero-order valence-electron chi connectivity index (χ0n) is 20.8. The number of aromatic nitrogens is 4. The van der Waals surface area contributed by atoms with Crippen LogP contribution < -0.4 is 15.8 Å². The molecule has 4 heterocycles. The lowest BCUT2D eigenvalue weighted by atomic mass is 9.98. The third-order valence-corrected chi connectivity index (χ3v) is 6.67. The smallest absolute Gasteiger partial charge is 0.378 e. The van der Waals surface area contributed by atoms with E-state index in [1.807, 2.05) is 0 Å². The van der Waals surface area contributed by atoms with Crippen LogP contribution in [0.15, 0.2) is 23.4 Å². The average molecular weight is 564 g/mol. The number of halogens is 6. The minimum Gasteiger partial charge on any atom is -0.378 e. The number of H-pyrrole nitrogens is 1. The molecule has 2 N–H and O–H groups in total. The van der Waals surface area contributed by atoms with Gasteiger partial charge in [-0.05, 0) is 32.6 Å². The predicted molar refractivity (Wildman–Crippen MR) is 126 cm³/mol. The zero-order chi connectivity index (χ0) is 28.4. The number of piperidine rings is 2. The van der Waals surface area contributed by atoms with Crippen LogP contribution in [0.3, 0.4) is 0 Å². The minimum atomic E-state index is -4.88. The second-order valence-corrected chi connectivity index (χ2v) is 9.51. The van der Waals surface area contributed by atoms with Gasteiger partial charge in [0.15, 0.2) is 0 Å². The fourth-order valence-corrected chi connectivity index (χ4v) is 4.75. The van der Waals surface area contributed by atoms with Crippen LogP contribution in [0.5, 0.6) is 0 Å². The zero-order valence-corrected chi connectivity index (χ0v) is 20.8. The first-order chi connectivity index (χ1) is 18.3. The molecule has 0 radical (unpaired) electrons. The molecule has 1 amide bonds. The molecule has 0 spiro atoms. The monoisotopic (exact) mass is 563 g/mol. The highest BCUT2D eigenvalue weighted by Gasteiger charge is 2.39. The fraction of sp³-hybridized carbons (Fsp3) is 0.609. The molecule has 0 aliphatic carbocycles. The summed E-state index contributed by atoms with van der Waals surface area (Å²) in [4.78, 5) is 35.9. The Labute approximate surface area is 218 Å². The molecule has 0 aromatic carbocycles. The Hall–Kier alpha value is -3.43. The highest BCUT2D eigenvalue weighted by molar-refractivity contribution is 5.82. The van der Waals surface area contributed by atoms with Crippen molar-refractivity contribution in [2.24, 2.45) is 0 Å². The third-order valence-electron chi connectivity index (χ3n) is 6.67. The maximum Gasteiger partial charge on any atom is 0.423 e. The Kier molecular flexibility index (Phi) is 8.32. The van der Waals surface area contributed by atoms with E-state index < -0.39 is 46.9 Å². The lowest BCUT2D eigenvalue weighted by molar-refractivity contribution is -0.151. The molecule has 2 aromatic heterocycles. The van der Waals surface area contributed by atoms with E-state index in [9.17, 15) is 35.9 Å². The first-order valence-electron chi connectivity index (χ1n) is 12.3. The van der Waals surface area contributed by atoms with Crippen LogP contribution in [0.2, 0.25) is 0 Å². The van der Waals surface area contributed by atoms with Gasteiger partial charge in [-0.2, -0.15) is 31.4 Å². The summed E-state index contributed by atoms with van der Waals surface area (Å²) >= 11 is 0. The molecule has 2 atom stereocenters. The Morgan fingerprint density at radius 1 is 1.03 bits per heavy atom.